The van der Waals surface area contributed by atoms with Crippen molar-refractivity contribution in [2.75, 3.05) is 16.8 Å². The zero-order chi connectivity index (χ0) is 30.3. The van der Waals surface area contributed by atoms with Gasteiger partial charge in [-0.3, -0.25) is 14.6 Å². The minimum atomic E-state index is -6.32. The molecule has 0 atom stereocenters. The zero-order valence-electron chi connectivity index (χ0n) is 21.0. The number of hydrogen-bond acceptors (Lipinski definition) is 3. The van der Waals surface area contributed by atoms with E-state index >= 15 is 4.39 Å². The van der Waals surface area contributed by atoms with Gasteiger partial charge in [-0.1, -0.05) is 6.07 Å². The average Bonchev–Trinajstić information content (AvgIpc) is 3.75. The van der Waals surface area contributed by atoms with Crippen LogP contribution in [0.2, 0.25) is 0 Å². The number of benzene rings is 2. The molecule has 1 N–H and O–H groups in total. The first kappa shape index (κ1) is 30.4. The topological polar surface area (TPSA) is 62.3 Å². The Bertz CT molecular complexity index is 1460. The lowest BCUT2D eigenvalue weighted by atomic mass is 9.91. The maximum Gasteiger partial charge on any atom is 0.435 e. The molecule has 218 valence electrons. The first-order valence-electron chi connectivity index (χ1n) is 12.1. The number of amides is 2. The molecule has 0 radical (unpaired) electrons. The maximum atomic E-state index is 15.6. The number of carbonyl (C=O) groups excluding carboxylic acids is 2. The highest BCUT2D eigenvalue weighted by molar-refractivity contribution is 9.10. The Morgan fingerprint density at radius 1 is 1.00 bits per heavy atom. The molecule has 1 fully saturated rings. The number of aromatic nitrogens is 1. The van der Waals surface area contributed by atoms with Gasteiger partial charge in [0.1, 0.15) is 0 Å². The SMILES string of the molecule is CCN(C(=O)c1ccncc1)c1cccc(C(=O)Nc2c(Br)cc(C(F)(C(F)(F)F)C(F)(F)F)cc2C2CC2)c1F. The second kappa shape index (κ2) is 11.0. The summed E-state index contributed by atoms with van der Waals surface area (Å²) in [6.07, 6.45) is -9.17. The number of rotatable bonds is 7. The quantitative estimate of drug-likeness (QED) is 0.263. The van der Waals surface area contributed by atoms with E-state index in [9.17, 15) is 40.3 Å². The van der Waals surface area contributed by atoms with E-state index in [2.05, 4.69) is 26.2 Å². The van der Waals surface area contributed by atoms with Crippen LogP contribution in [0.1, 0.15) is 57.5 Å². The highest BCUT2D eigenvalue weighted by Crippen LogP contribution is 2.56. The minimum absolute atomic E-state index is 0.0192. The van der Waals surface area contributed by atoms with Crippen LogP contribution in [0.3, 0.4) is 0 Å². The zero-order valence-corrected chi connectivity index (χ0v) is 22.6. The van der Waals surface area contributed by atoms with E-state index in [1.807, 2.05) is 0 Å². The molecule has 0 bridgehead atoms. The van der Waals surface area contributed by atoms with Gasteiger partial charge in [0.25, 0.3) is 11.8 Å². The van der Waals surface area contributed by atoms with Crippen molar-refractivity contribution in [3.05, 3.63) is 87.4 Å². The highest BCUT2D eigenvalue weighted by atomic mass is 79.9. The third kappa shape index (κ3) is 5.66. The highest BCUT2D eigenvalue weighted by Gasteiger charge is 2.73. The molecule has 1 saturated carbocycles. The number of pyridine rings is 1. The summed E-state index contributed by atoms with van der Waals surface area (Å²) in [5.74, 6) is -3.32. The predicted octanol–water partition coefficient (Wildman–Crippen LogP) is 8.07. The van der Waals surface area contributed by atoms with E-state index in [1.165, 1.54) is 36.7 Å². The number of halogens is 9. The molecule has 2 aromatic carbocycles. The van der Waals surface area contributed by atoms with Crippen LogP contribution in [0.4, 0.5) is 46.5 Å². The van der Waals surface area contributed by atoms with E-state index in [4.69, 9.17) is 0 Å². The van der Waals surface area contributed by atoms with Crippen LogP contribution < -0.4 is 10.2 Å². The number of anilines is 2. The molecule has 3 aromatic rings. The summed E-state index contributed by atoms with van der Waals surface area (Å²) in [6.45, 7) is 1.60. The molecule has 1 aromatic heterocycles. The Labute approximate surface area is 236 Å². The molecular weight excluding hydrogens is 630 g/mol. The van der Waals surface area contributed by atoms with Crippen LogP contribution in [-0.2, 0) is 5.67 Å². The Kier molecular flexibility index (Phi) is 8.18. The van der Waals surface area contributed by atoms with Crippen molar-refractivity contribution in [2.45, 2.75) is 43.7 Å². The molecule has 5 nitrogen and oxygen atoms in total. The second-order valence-corrected chi connectivity index (χ2v) is 10.1. The molecule has 0 spiro atoms. The van der Waals surface area contributed by atoms with Crippen molar-refractivity contribution in [3.63, 3.8) is 0 Å². The van der Waals surface area contributed by atoms with Gasteiger partial charge < -0.3 is 10.2 Å². The van der Waals surface area contributed by atoms with Crippen molar-refractivity contribution in [2.24, 2.45) is 0 Å². The monoisotopic (exact) mass is 649 g/mol. The van der Waals surface area contributed by atoms with Crippen LogP contribution >= 0.6 is 15.9 Å². The number of alkyl halides is 7. The fourth-order valence-electron chi connectivity index (χ4n) is 4.32. The molecule has 0 saturated heterocycles. The van der Waals surface area contributed by atoms with Crippen LogP contribution in [0.15, 0.2) is 59.3 Å². The summed E-state index contributed by atoms with van der Waals surface area (Å²) in [5.41, 5.74) is -8.35. The van der Waals surface area contributed by atoms with Crippen molar-refractivity contribution in [1.29, 1.82) is 0 Å². The van der Waals surface area contributed by atoms with Gasteiger partial charge in [0, 0.05) is 34.5 Å². The van der Waals surface area contributed by atoms with Crippen molar-refractivity contribution < 1.29 is 44.7 Å². The number of carbonyl (C=O) groups is 2. The van der Waals surface area contributed by atoms with Gasteiger partial charge in [0.2, 0.25) is 0 Å². The van der Waals surface area contributed by atoms with E-state index in [-0.39, 0.29) is 29.0 Å². The number of nitrogens with one attached hydrogen (secondary N) is 1. The minimum Gasteiger partial charge on any atom is -0.321 e. The summed E-state index contributed by atoms with van der Waals surface area (Å²) < 4.78 is 110. The first-order valence-corrected chi connectivity index (χ1v) is 12.9. The lowest BCUT2D eigenvalue weighted by molar-refractivity contribution is -0.348. The van der Waals surface area contributed by atoms with Crippen LogP contribution in [0.5, 0.6) is 0 Å². The van der Waals surface area contributed by atoms with Crippen molar-refractivity contribution >= 4 is 39.1 Å². The summed E-state index contributed by atoms with van der Waals surface area (Å²) in [5, 5.41) is 2.34. The Morgan fingerprint density at radius 2 is 1.61 bits per heavy atom. The van der Waals surface area contributed by atoms with Gasteiger partial charge in [-0.25, -0.2) is 8.78 Å². The van der Waals surface area contributed by atoms with E-state index in [0.29, 0.717) is 25.0 Å². The molecule has 2 amide bonds. The molecule has 1 heterocycles. The van der Waals surface area contributed by atoms with Crippen LogP contribution in [0, 0.1) is 5.82 Å². The Morgan fingerprint density at radius 3 is 2.15 bits per heavy atom. The summed E-state index contributed by atoms with van der Waals surface area (Å²) in [4.78, 5) is 31.0. The summed E-state index contributed by atoms with van der Waals surface area (Å²) >= 11 is 2.87. The molecule has 0 unspecified atom stereocenters. The Balaban J connectivity index is 1.72. The second-order valence-electron chi connectivity index (χ2n) is 9.23. The molecule has 0 aliphatic heterocycles. The van der Waals surface area contributed by atoms with E-state index < -0.39 is 57.2 Å². The maximum absolute atomic E-state index is 15.6. The predicted molar refractivity (Wildman–Crippen MR) is 137 cm³/mol. The lowest BCUT2D eigenvalue weighted by Crippen LogP contribution is -2.50. The fourth-order valence-corrected chi connectivity index (χ4v) is 4.90. The number of hydrogen-bond donors (Lipinski definition) is 1. The normalized spacial score (nSPS) is 14.1. The lowest BCUT2D eigenvalue weighted by Gasteiger charge is -2.31. The molecule has 4 rings (SSSR count). The number of nitrogens with zero attached hydrogens (tertiary/aromatic N) is 2. The largest absolute Gasteiger partial charge is 0.435 e. The van der Waals surface area contributed by atoms with Crippen molar-refractivity contribution in [3.8, 4) is 0 Å². The molecular formula is C27H20BrF8N3O2. The van der Waals surface area contributed by atoms with E-state index in [1.54, 1.807) is 6.92 Å². The van der Waals surface area contributed by atoms with Gasteiger partial charge in [0.05, 0.1) is 16.9 Å². The van der Waals surface area contributed by atoms with Gasteiger partial charge in [-0.05, 0) is 83.6 Å². The molecule has 41 heavy (non-hydrogen) atoms. The van der Waals surface area contributed by atoms with E-state index in [0.717, 1.165) is 11.0 Å². The first-order chi connectivity index (χ1) is 19.1. The third-order valence-corrected chi connectivity index (χ3v) is 7.18. The fraction of sp³-hybridized carbons (Fsp3) is 0.296. The average molecular weight is 650 g/mol. The molecule has 1 aliphatic rings. The van der Waals surface area contributed by atoms with Crippen LogP contribution in [0.25, 0.3) is 0 Å². The summed E-state index contributed by atoms with van der Waals surface area (Å²) in [6, 6.07) is 7.23. The molecule has 14 heteroatoms. The van der Waals surface area contributed by atoms with Gasteiger partial charge in [-0.15, -0.1) is 0 Å². The van der Waals surface area contributed by atoms with Crippen molar-refractivity contribution in [1.82, 2.24) is 4.98 Å². The van der Waals surface area contributed by atoms with Gasteiger partial charge >= 0.3 is 18.0 Å². The smallest absolute Gasteiger partial charge is 0.321 e. The van der Waals surface area contributed by atoms with Gasteiger partial charge in [-0.2, -0.15) is 26.3 Å². The third-order valence-electron chi connectivity index (χ3n) is 6.56. The Hall–Kier alpha value is -3.55. The standard InChI is InChI=1S/C27H20BrF8N3O2/c1-2-39(24(41)15-8-10-37-11-9-15)20-5-3-4-17(21(20)29)23(40)38-22-18(14-6-7-14)12-16(13-19(22)28)25(30,26(31,32)33)27(34,35)36/h3-5,8-14H,2,6-7H2,1H3,(H,38,40). The summed E-state index contributed by atoms with van der Waals surface area (Å²) in [7, 11) is 0. The van der Waals surface area contributed by atoms with Crippen LogP contribution in [-0.4, -0.2) is 35.7 Å². The molecule has 1 aliphatic carbocycles. The van der Waals surface area contributed by atoms with Gasteiger partial charge in [0.15, 0.2) is 5.82 Å².